The van der Waals surface area contributed by atoms with Crippen LogP contribution in [0.3, 0.4) is 0 Å². The predicted octanol–water partition coefficient (Wildman–Crippen LogP) is 5.38. The van der Waals surface area contributed by atoms with E-state index in [1.165, 1.54) is 43.4 Å². The summed E-state index contributed by atoms with van der Waals surface area (Å²) in [7, 11) is 1.41. The number of benzene rings is 2. The van der Waals surface area contributed by atoms with Gasteiger partial charge in [-0.25, -0.2) is 4.39 Å². The number of halogens is 4. The van der Waals surface area contributed by atoms with Crippen molar-refractivity contribution in [3.63, 3.8) is 0 Å². The van der Waals surface area contributed by atoms with Crippen LogP contribution >= 0.6 is 0 Å². The van der Waals surface area contributed by atoms with Crippen LogP contribution in [-0.2, 0) is 0 Å². The van der Waals surface area contributed by atoms with Crippen LogP contribution in [0.4, 0.5) is 23.4 Å². The molecule has 4 rings (SSSR count). The van der Waals surface area contributed by atoms with Gasteiger partial charge in [-0.1, -0.05) is 26.0 Å². The standard InChI is InChI=1S/C29H28F4N4O4/c1-28(2,15-38)13-36-25(39)18-6-4-5-17(11-18)20-12-21-22(26(40)34-3)23(16-7-9-19(30)10-8-16)41-27(21)37-24(20)35-14-29(31,32)33/h4-12,38H,13-15H2,1-3H3,(H,34,40)(H,35,37)(H,36,39). The largest absolute Gasteiger partial charge is 0.437 e. The number of carbonyl (C=O) groups is 2. The van der Waals surface area contributed by atoms with Crippen LogP contribution in [0.1, 0.15) is 34.6 Å². The molecule has 8 nitrogen and oxygen atoms in total. The molecular weight excluding hydrogens is 544 g/mol. The van der Waals surface area contributed by atoms with Gasteiger partial charge in [0.05, 0.1) is 10.9 Å². The summed E-state index contributed by atoms with van der Waals surface area (Å²) in [5.41, 5.74) is 0.509. The van der Waals surface area contributed by atoms with E-state index in [9.17, 15) is 32.3 Å². The van der Waals surface area contributed by atoms with E-state index in [2.05, 4.69) is 20.9 Å². The number of aliphatic hydroxyl groups is 1. The molecule has 4 aromatic rings. The van der Waals surface area contributed by atoms with Crippen molar-refractivity contribution >= 4 is 28.7 Å². The molecule has 0 saturated heterocycles. The molecular formula is C29H28F4N4O4. The van der Waals surface area contributed by atoms with E-state index in [1.54, 1.807) is 32.0 Å². The van der Waals surface area contributed by atoms with Gasteiger partial charge in [0.15, 0.2) is 0 Å². The fourth-order valence-electron chi connectivity index (χ4n) is 4.02. The van der Waals surface area contributed by atoms with Crippen molar-refractivity contribution in [1.82, 2.24) is 15.6 Å². The minimum atomic E-state index is -4.56. The van der Waals surface area contributed by atoms with Crippen molar-refractivity contribution in [2.75, 3.05) is 32.1 Å². The number of amides is 2. The molecule has 12 heteroatoms. The highest BCUT2D eigenvalue weighted by Crippen LogP contribution is 2.38. The topological polar surface area (TPSA) is 116 Å². The van der Waals surface area contributed by atoms with E-state index in [0.717, 1.165) is 0 Å². The summed E-state index contributed by atoms with van der Waals surface area (Å²) < 4.78 is 58.9. The Labute approximate surface area is 232 Å². The Balaban J connectivity index is 1.87. The van der Waals surface area contributed by atoms with Gasteiger partial charge in [0.2, 0.25) is 5.71 Å². The van der Waals surface area contributed by atoms with E-state index in [1.807, 2.05) is 0 Å². The zero-order valence-corrected chi connectivity index (χ0v) is 22.4. The van der Waals surface area contributed by atoms with Gasteiger partial charge < -0.3 is 25.5 Å². The molecule has 0 unspecified atom stereocenters. The third-order valence-electron chi connectivity index (χ3n) is 6.29. The quantitative estimate of drug-likeness (QED) is 0.200. The van der Waals surface area contributed by atoms with Crippen molar-refractivity contribution in [1.29, 1.82) is 0 Å². The second-order valence-corrected chi connectivity index (χ2v) is 10.2. The zero-order chi connectivity index (χ0) is 29.9. The molecule has 41 heavy (non-hydrogen) atoms. The number of furan rings is 1. The van der Waals surface area contributed by atoms with Crippen LogP contribution < -0.4 is 16.0 Å². The summed E-state index contributed by atoms with van der Waals surface area (Å²) >= 11 is 0. The average Bonchev–Trinajstić information content (AvgIpc) is 3.32. The number of nitrogens with zero attached hydrogens (tertiary/aromatic N) is 1. The first-order valence-corrected chi connectivity index (χ1v) is 12.6. The van der Waals surface area contributed by atoms with Gasteiger partial charge in [-0.05, 0) is 48.0 Å². The number of aliphatic hydroxyl groups excluding tert-OH is 1. The predicted molar refractivity (Wildman–Crippen MR) is 146 cm³/mol. The number of pyridine rings is 1. The van der Waals surface area contributed by atoms with Gasteiger partial charge in [0.1, 0.15) is 23.9 Å². The summed E-state index contributed by atoms with van der Waals surface area (Å²) in [4.78, 5) is 30.1. The maximum absolute atomic E-state index is 13.6. The molecule has 0 radical (unpaired) electrons. The van der Waals surface area contributed by atoms with Gasteiger partial charge in [0.25, 0.3) is 11.8 Å². The van der Waals surface area contributed by atoms with Crippen molar-refractivity contribution in [2.24, 2.45) is 5.41 Å². The summed E-state index contributed by atoms with van der Waals surface area (Å²) in [5, 5.41) is 17.2. The Morgan fingerprint density at radius 2 is 1.68 bits per heavy atom. The number of hydrogen-bond donors (Lipinski definition) is 4. The summed E-state index contributed by atoms with van der Waals surface area (Å²) in [6.07, 6.45) is -4.56. The van der Waals surface area contributed by atoms with Crippen LogP contribution in [0, 0.1) is 11.2 Å². The average molecular weight is 573 g/mol. The number of hydrogen-bond acceptors (Lipinski definition) is 6. The second-order valence-electron chi connectivity index (χ2n) is 10.2. The smallest absolute Gasteiger partial charge is 0.405 e. The lowest BCUT2D eigenvalue weighted by Gasteiger charge is -2.21. The molecule has 2 aromatic carbocycles. The number of nitrogens with one attached hydrogen (secondary N) is 3. The lowest BCUT2D eigenvalue weighted by Crippen LogP contribution is -2.36. The van der Waals surface area contributed by atoms with Crippen molar-refractivity contribution in [3.8, 4) is 22.5 Å². The van der Waals surface area contributed by atoms with E-state index in [0.29, 0.717) is 11.1 Å². The third-order valence-corrected chi connectivity index (χ3v) is 6.29. The van der Waals surface area contributed by atoms with Gasteiger partial charge in [-0.2, -0.15) is 18.2 Å². The van der Waals surface area contributed by atoms with Crippen LogP contribution in [-0.4, -0.2) is 54.8 Å². The van der Waals surface area contributed by atoms with E-state index < -0.39 is 35.8 Å². The van der Waals surface area contributed by atoms with Crippen LogP contribution in [0.2, 0.25) is 0 Å². The molecule has 0 spiro atoms. The molecule has 2 heterocycles. The summed E-state index contributed by atoms with van der Waals surface area (Å²) in [5.74, 6) is -1.62. The Bertz CT molecular complexity index is 1580. The minimum absolute atomic E-state index is 0.0605. The highest BCUT2D eigenvalue weighted by molar-refractivity contribution is 6.11. The fourth-order valence-corrected chi connectivity index (χ4v) is 4.02. The van der Waals surface area contributed by atoms with Crippen molar-refractivity contribution in [2.45, 2.75) is 20.0 Å². The molecule has 0 aliphatic heterocycles. The Hall–Kier alpha value is -4.45. The van der Waals surface area contributed by atoms with Crippen LogP contribution in [0.5, 0.6) is 0 Å². The lowest BCUT2D eigenvalue weighted by molar-refractivity contribution is -0.115. The molecule has 0 bridgehead atoms. The lowest BCUT2D eigenvalue weighted by atomic mass is 9.95. The first-order valence-electron chi connectivity index (χ1n) is 12.6. The number of carbonyl (C=O) groups excluding carboxylic acids is 2. The minimum Gasteiger partial charge on any atom is -0.437 e. The van der Waals surface area contributed by atoms with Gasteiger partial charge in [-0.3, -0.25) is 9.59 Å². The van der Waals surface area contributed by atoms with Crippen LogP contribution in [0.15, 0.2) is 59.0 Å². The molecule has 0 aliphatic carbocycles. The van der Waals surface area contributed by atoms with Crippen molar-refractivity contribution in [3.05, 3.63) is 71.5 Å². The zero-order valence-electron chi connectivity index (χ0n) is 22.4. The van der Waals surface area contributed by atoms with E-state index in [4.69, 9.17) is 4.42 Å². The summed E-state index contributed by atoms with van der Waals surface area (Å²) in [6, 6.07) is 12.8. The van der Waals surface area contributed by atoms with Gasteiger partial charge >= 0.3 is 6.18 Å². The van der Waals surface area contributed by atoms with Crippen molar-refractivity contribution < 1.29 is 36.7 Å². The molecule has 2 aromatic heterocycles. The molecule has 0 aliphatic rings. The number of anilines is 1. The number of aromatic nitrogens is 1. The van der Waals surface area contributed by atoms with E-state index in [-0.39, 0.29) is 52.5 Å². The Morgan fingerprint density at radius 3 is 2.32 bits per heavy atom. The van der Waals surface area contributed by atoms with Gasteiger partial charge in [-0.15, -0.1) is 0 Å². The monoisotopic (exact) mass is 572 g/mol. The third kappa shape index (κ3) is 6.83. The molecule has 0 atom stereocenters. The molecule has 4 N–H and O–H groups in total. The summed E-state index contributed by atoms with van der Waals surface area (Å²) in [6.45, 7) is 2.19. The highest BCUT2D eigenvalue weighted by atomic mass is 19.4. The maximum Gasteiger partial charge on any atom is 0.405 e. The van der Waals surface area contributed by atoms with Gasteiger partial charge in [0, 0.05) is 42.3 Å². The molecule has 2 amide bonds. The number of rotatable bonds is 9. The van der Waals surface area contributed by atoms with Crippen LogP contribution in [0.25, 0.3) is 33.6 Å². The van der Waals surface area contributed by atoms with E-state index >= 15 is 0 Å². The highest BCUT2D eigenvalue weighted by Gasteiger charge is 2.29. The Morgan fingerprint density at radius 1 is 0.976 bits per heavy atom. The molecule has 0 saturated carbocycles. The first-order chi connectivity index (χ1) is 19.3. The number of fused-ring (bicyclic) bond motifs is 1. The maximum atomic E-state index is 13.6. The number of alkyl halides is 3. The second kappa shape index (κ2) is 11.6. The molecule has 216 valence electrons. The SMILES string of the molecule is CNC(=O)c1c(-c2ccc(F)cc2)oc2nc(NCC(F)(F)F)c(-c3cccc(C(=O)NCC(C)(C)CO)c3)cc12. The fraction of sp³-hybridized carbons (Fsp3) is 0.276. The Kier molecular flexibility index (Phi) is 8.34. The normalized spacial score (nSPS) is 11.9. The molecule has 0 fully saturated rings. The first kappa shape index (κ1) is 29.5.